The molecule has 6 nitrogen and oxygen atoms in total. The minimum absolute atomic E-state index is 0.0345. The van der Waals surface area contributed by atoms with Crippen molar-refractivity contribution in [3.05, 3.63) is 38.9 Å². The van der Waals surface area contributed by atoms with Gasteiger partial charge < -0.3 is 10.2 Å². The van der Waals surface area contributed by atoms with Crippen molar-refractivity contribution in [1.82, 2.24) is 10.2 Å². The molecule has 1 aromatic rings. The third-order valence-electron chi connectivity index (χ3n) is 3.23. The van der Waals surface area contributed by atoms with Gasteiger partial charge in [-0.05, 0) is 38.2 Å². The Balaban J connectivity index is 2.58. The van der Waals surface area contributed by atoms with Crippen LogP contribution in [-0.4, -0.2) is 41.9 Å². The second-order valence-electron chi connectivity index (χ2n) is 4.55. The van der Waals surface area contributed by atoms with Crippen molar-refractivity contribution in [2.24, 2.45) is 0 Å². The Hall–Kier alpha value is -1.66. The van der Waals surface area contributed by atoms with Gasteiger partial charge in [0.05, 0.1) is 4.92 Å². The maximum Gasteiger partial charge on any atom is 0.283 e. The molecule has 1 rings (SSSR count). The first-order valence-corrected chi connectivity index (χ1v) is 7.31. The summed E-state index contributed by atoms with van der Waals surface area (Å²) in [6.45, 7) is 7.46. The van der Waals surface area contributed by atoms with Gasteiger partial charge in [0.1, 0.15) is 5.56 Å². The SMILES string of the molecule is CCN(CC)CCCNC(=O)c1ccc(Cl)cc1[N+](=O)[O-]. The fourth-order valence-electron chi connectivity index (χ4n) is 1.99. The highest BCUT2D eigenvalue weighted by Crippen LogP contribution is 2.22. The standard InChI is InChI=1S/C14H20ClN3O3/c1-3-17(4-2)9-5-8-16-14(19)12-7-6-11(15)10-13(12)18(20)21/h6-7,10H,3-5,8-9H2,1-2H3,(H,16,19). The summed E-state index contributed by atoms with van der Waals surface area (Å²) in [5.41, 5.74) is -0.240. The van der Waals surface area contributed by atoms with Crippen LogP contribution in [0.15, 0.2) is 18.2 Å². The smallest absolute Gasteiger partial charge is 0.283 e. The van der Waals surface area contributed by atoms with E-state index >= 15 is 0 Å². The second kappa shape index (κ2) is 8.59. The third-order valence-corrected chi connectivity index (χ3v) is 3.47. The molecule has 0 bridgehead atoms. The summed E-state index contributed by atoms with van der Waals surface area (Å²) in [5.74, 6) is -0.446. The number of nitro groups is 1. The fourth-order valence-corrected chi connectivity index (χ4v) is 2.15. The van der Waals surface area contributed by atoms with Crippen molar-refractivity contribution in [1.29, 1.82) is 0 Å². The molecule has 0 saturated heterocycles. The highest BCUT2D eigenvalue weighted by molar-refractivity contribution is 6.31. The van der Waals surface area contributed by atoms with Gasteiger partial charge in [-0.2, -0.15) is 0 Å². The molecule has 21 heavy (non-hydrogen) atoms. The number of carbonyl (C=O) groups is 1. The van der Waals surface area contributed by atoms with Crippen LogP contribution >= 0.6 is 11.6 Å². The molecule has 0 unspecified atom stereocenters. The molecule has 0 fully saturated rings. The number of hydrogen-bond acceptors (Lipinski definition) is 4. The number of nitrogens with one attached hydrogen (secondary N) is 1. The summed E-state index contributed by atoms with van der Waals surface area (Å²) in [4.78, 5) is 24.6. The number of rotatable bonds is 8. The first kappa shape index (κ1) is 17.4. The minimum atomic E-state index is -0.601. The molecule has 1 N–H and O–H groups in total. The minimum Gasteiger partial charge on any atom is -0.352 e. The third kappa shape index (κ3) is 5.32. The molecule has 1 aromatic carbocycles. The predicted molar refractivity (Wildman–Crippen MR) is 82.8 cm³/mol. The van der Waals surface area contributed by atoms with Gasteiger partial charge in [-0.15, -0.1) is 0 Å². The molecule has 0 aromatic heterocycles. The number of nitro benzene ring substituents is 1. The molecule has 0 spiro atoms. The predicted octanol–water partition coefficient (Wildman–Crippen LogP) is 2.71. The quantitative estimate of drug-likeness (QED) is 0.455. The summed E-state index contributed by atoms with van der Waals surface area (Å²) in [6, 6.07) is 4.03. The molecule has 0 atom stereocenters. The van der Waals surface area contributed by atoms with E-state index < -0.39 is 10.8 Å². The molecule has 7 heteroatoms. The van der Waals surface area contributed by atoms with Crippen LogP contribution in [0.2, 0.25) is 5.02 Å². The van der Waals surface area contributed by atoms with Gasteiger partial charge in [-0.1, -0.05) is 25.4 Å². The summed E-state index contributed by atoms with van der Waals surface area (Å²) >= 11 is 5.72. The average Bonchev–Trinajstić information content (AvgIpc) is 2.47. The van der Waals surface area contributed by atoms with Crippen LogP contribution in [0.3, 0.4) is 0 Å². The van der Waals surface area contributed by atoms with Crippen molar-refractivity contribution >= 4 is 23.2 Å². The van der Waals surface area contributed by atoms with E-state index in [1.165, 1.54) is 18.2 Å². The van der Waals surface area contributed by atoms with Gasteiger partial charge in [0.2, 0.25) is 0 Å². The number of nitrogens with zero attached hydrogens (tertiary/aromatic N) is 2. The molecule has 0 aliphatic rings. The number of benzene rings is 1. The summed E-state index contributed by atoms with van der Waals surface area (Å²) in [5, 5.41) is 13.9. The molecule has 0 saturated carbocycles. The maximum atomic E-state index is 12.0. The lowest BCUT2D eigenvalue weighted by Gasteiger charge is -2.17. The number of halogens is 1. The maximum absolute atomic E-state index is 12.0. The Kier molecular flexibility index (Phi) is 7.11. The monoisotopic (exact) mass is 313 g/mol. The normalized spacial score (nSPS) is 10.7. The van der Waals surface area contributed by atoms with Crippen molar-refractivity contribution < 1.29 is 9.72 Å². The number of amides is 1. The first-order valence-electron chi connectivity index (χ1n) is 6.94. The lowest BCUT2D eigenvalue weighted by Crippen LogP contribution is -2.30. The molecule has 116 valence electrons. The molecule has 1 amide bonds. The lowest BCUT2D eigenvalue weighted by atomic mass is 10.1. The van der Waals surface area contributed by atoms with E-state index in [2.05, 4.69) is 24.1 Å². The van der Waals surface area contributed by atoms with Crippen LogP contribution in [-0.2, 0) is 0 Å². The van der Waals surface area contributed by atoms with Gasteiger partial charge in [-0.3, -0.25) is 14.9 Å². The van der Waals surface area contributed by atoms with Crippen molar-refractivity contribution in [3.63, 3.8) is 0 Å². The summed E-state index contributed by atoms with van der Waals surface area (Å²) < 4.78 is 0. The van der Waals surface area contributed by atoms with Gasteiger partial charge >= 0.3 is 0 Å². The molecule has 0 aliphatic heterocycles. The average molecular weight is 314 g/mol. The van der Waals surface area contributed by atoms with Crippen LogP contribution in [0.1, 0.15) is 30.6 Å². The van der Waals surface area contributed by atoms with E-state index in [1.54, 1.807) is 0 Å². The van der Waals surface area contributed by atoms with E-state index in [0.29, 0.717) is 6.54 Å². The Morgan fingerprint density at radius 3 is 2.62 bits per heavy atom. The summed E-state index contributed by atoms with van der Waals surface area (Å²) in [6.07, 6.45) is 0.800. The topological polar surface area (TPSA) is 75.5 Å². The van der Waals surface area contributed by atoms with E-state index in [-0.39, 0.29) is 16.3 Å². The first-order chi connectivity index (χ1) is 9.99. The van der Waals surface area contributed by atoms with Gasteiger partial charge in [0, 0.05) is 17.6 Å². The highest BCUT2D eigenvalue weighted by atomic mass is 35.5. The molecular formula is C14H20ClN3O3. The van der Waals surface area contributed by atoms with Crippen molar-refractivity contribution in [2.45, 2.75) is 20.3 Å². The lowest BCUT2D eigenvalue weighted by molar-refractivity contribution is -0.385. The van der Waals surface area contributed by atoms with Crippen LogP contribution in [0.25, 0.3) is 0 Å². The van der Waals surface area contributed by atoms with E-state index in [4.69, 9.17) is 11.6 Å². The molecule has 0 aliphatic carbocycles. The number of hydrogen-bond donors (Lipinski definition) is 1. The Labute approximate surface area is 129 Å². The van der Waals surface area contributed by atoms with Crippen LogP contribution in [0.5, 0.6) is 0 Å². The molecule has 0 radical (unpaired) electrons. The summed E-state index contributed by atoms with van der Waals surface area (Å²) in [7, 11) is 0. The van der Waals surface area contributed by atoms with Gasteiger partial charge in [-0.25, -0.2) is 0 Å². The van der Waals surface area contributed by atoms with Crippen molar-refractivity contribution in [2.75, 3.05) is 26.2 Å². The zero-order valence-electron chi connectivity index (χ0n) is 12.3. The second-order valence-corrected chi connectivity index (χ2v) is 4.99. The van der Waals surface area contributed by atoms with Crippen molar-refractivity contribution in [3.8, 4) is 0 Å². The largest absolute Gasteiger partial charge is 0.352 e. The Bertz CT molecular complexity index is 504. The Morgan fingerprint density at radius 1 is 1.38 bits per heavy atom. The van der Waals surface area contributed by atoms with Gasteiger partial charge in [0.15, 0.2) is 0 Å². The number of carbonyl (C=O) groups excluding carboxylic acids is 1. The zero-order chi connectivity index (χ0) is 15.8. The van der Waals surface area contributed by atoms with Crippen LogP contribution in [0, 0.1) is 10.1 Å². The van der Waals surface area contributed by atoms with E-state index in [1.807, 2.05) is 0 Å². The van der Waals surface area contributed by atoms with Crippen LogP contribution < -0.4 is 5.32 Å². The fraction of sp³-hybridized carbons (Fsp3) is 0.500. The molecule has 0 heterocycles. The van der Waals surface area contributed by atoms with Gasteiger partial charge in [0.25, 0.3) is 11.6 Å². The Morgan fingerprint density at radius 2 is 2.05 bits per heavy atom. The molecular weight excluding hydrogens is 294 g/mol. The zero-order valence-corrected chi connectivity index (χ0v) is 13.0. The van der Waals surface area contributed by atoms with E-state index in [0.717, 1.165) is 26.1 Å². The van der Waals surface area contributed by atoms with E-state index in [9.17, 15) is 14.9 Å². The highest BCUT2D eigenvalue weighted by Gasteiger charge is 2.20. The van der Waals surface area contributed by atoms with Crippen LogP contribution in [0.4, 0.5) is 5.69 Å².